The zero-order valence-electron chi connectivity index (χ0n) is 18.7. The van der Waals surface area contributed by atoms with Crippen molar-refractivity contribution in [1.82, 2.24) is 4.57 Å². The summed E-state index contributed by atoms with van der Waals surface area (Å²) in [6.07, 6.45) is 0. The maximum Gasteiger partial charge on any atom is 0.492 e. The minimum atomic E-state index is -1.67. The van der Waals surface area contributed by atoms with Crippen LogP contribution in [0.1, 0.15) is 0 Å². The Balaban J connectivity index is 1.54. The van der Waals surface area contributed by atoms with Crippen LogP contribution in [0.25, 0.3) is 60.6 Å². The number of para-hydroxylation sites is 2. The van der Waals surface area contributed by atoms with Crippen LogP contribution < -0.4 is 5.46 Å². The summed E-state index contributed by atoms with van der Waals surface area (Å²) < 4.78 is 8.40. The van der Waals surface area contributed by atoms with E-state index in [1.165, 1.54) is 0 Å². The van der Waals surface area contributed by atoms with Gasteiger partial charge in [0.15, 0.2) is 0 Å². The van der Waals surface area contributed by atoms with Crippen LogP contribution in [-0.4, -0.2) is 21.7 Å². The van der Waals surface area contributed by atoms with Crippen LogP contribution in [0.15, 0.2) is 114 Å². The molecule has 7 rings (SSSR count). The van der Waals surface area contributed by atoms with Crippen molar-refractivity contribution in [3.05, 3.63) is 109 Å². The van der Waals surface area contributed by atoms with Gasteiger partial charge in [0.2, 0.25) is 0 Å². The molecule has 0 aliphatic carbocycles. The summed E-state index contributed by atoms with van der Waals surface area (Å²) in [6.45, 7) is 0. The predicted octanol–water partition coefficient (Wildman–Crippen LogP) is 6.03. The summed E-state index contributed by atoms with van der Waals surface area (Å²) >= 11 is 0. The van der Waals surface area contributed by atoms with E-state index in [1.807, 2.05) is 60.7 Å². The second kappa shape index (κ2) is 7.60. The Bertz CT molecular complexity index is 1830. The Hall–Kier alpha value is -4.32. The van der Waals surface area contributed by atoms with Gasteiger partial charge in [0.25, 0.3) is 0 Å². The zero-order valence-corrected chi connectivity index (χ0v) is 18.7. The summed E-state index contributed by atoms with van der Waals surface area (Å²) in [5.41, 5.74) is 6.67. The van der Waals surface area contributed by atoms with E-state index in [1.54, 1.807) is 0 Å². The van der Waals surface area contributed by atoms with Crippen molar-refractivity contribution in [2.45, 2.75) is 0 Å². The highest BCUT2D eigenvalue weighted by Gasteiger charge is 2.23. The molecule has 4 nitrogen and oxygen atoms in total. The predicted molar refractivity (Wildman–Crippen MR) is 143 cm³/mol. The van der Waals surface area contributed by atoms with E-state index < -0.39 is 7.12 Å². The number of benzene rings is 5. The summed E-state index contributed by atoms with van der Waals surface area (Å²) in [4.78, 5) is 0. The van der Waals surface area contributed by atoms with Gasteiger partial charge in [-0.3, -0.25) is 0 Å². The molecule has 0 amide bonds. The molecule has 0 aliphatic rings. The maximum absolute atomic E-state index is 10.3. The maximum atomic E-state index is 10.3. The molecule has 35 heavy (non-hydrogen) atoms. The highest BCUT2D eigenvalue weighted by Crippen LogP contribution is 2.36. The lowest BCUT2D eigenvalue weighted by molar-refractivity contribution is 0.425. The fourth-order valence-corrected chi connectivity index (χ4v) is 5.22. The van der Waals surface area contributed by atoms with Crippen LogP contribution >= 0.6 is 0 Å². The van der Waals surface area contributed by atoms with Crippen molar-refractivity contribution < 1.29 is 14.5 Å². The normalized spacial score (nSPS) is 11.7. The van der Waals surface area contributed by atoms with Crippen LogP contribution in [0.4, 0.5) is 0 Å². The summed E-state index contributed by atoms with van der Waals surface area (Å²) in [5.74, 6) is 0. The molecule has 0 aliphatic heterocycles. The Kier molecular flexibility index (Phi) is 4.36. The van der Waals surface area contributed by atoms with Crippen molar-refractivity contribution in [3.8, 4) is 16.8 Å². The third-order valence-electron chi connectivity index (χ3n) is 6.81. The van der Waals surface area contributed by atoms with Crippen molar-refractivity contribution in [3.63, 3.8) is 0 Å². The molecule has 2 N–H and O–H groups in total. The van der Waals surface area contributed by atoms with E-state index in [0.717, 1.165) is 49.4 Å². The number of hydrogen-bond acceptors (Lipinski definition) is 3. The van der Waals surface area contributed by atoms with Gasteiger partial charge in [-0.15, -0.1) is 0 Å². The largest absolute Gasteiger partial charge is 0.492 e. The van der Waals surface area contributed by atoms with Crippen LogP contribution in [0.2, 0.25) is 0 Å². The van der Waals surface area contributed by atoms with Gasteiger partial charge in [0.1, 0.15) is 11.2 Å². The van der Waals surface area contributed by atoms with Crippen LogP contribution in [0.5, 0.6) is 0 Å². The molecule has 0 saturated heterocycles. The average Bonchev–Trinajstić information content (AvgIpc) is 3.44. The van der Waals surface area contributed by atoms with E-state index >= 15 is 0 Å². The van der Waals surface area contributed by atoms with Crippen LogP contribution in [0.3, 0.4) is 0 Å². The summed E-state index contributed by atoms with van der Waals surface area (Å²) in [5, 5.41) is 24.7. The number of nitrogens with zero attached hydrogens (tertiary/aromatic N) is 1. The molecule has 5 heteroatoms. The third-order valence-corrected chi connectivity index (χ3v) is 6.81. The second-order valence-electron chi connectivity index (χ2n) is 8.83. The van der Waals surface area contributed by atoms with Gasteiger partial charge in [-0.2, -0.15) is 0 Å². The summed E-state index contributed by atoms with van der Waals surface area (Å²) in [7, 11) is -1.67. The molecule has 0 saturated carbocycles. The molecular weight excluding hydrogens is 433 g/mol. The number of hydrogen-bond donors (Lipinski definition) is 2. The van der Waals surface area contributed by atoms with Gasteiger partial charge in [-0.1, -0.05) is 72.8 Å². The van der Waals surface area contributed by atoms with E-state index in [4.69, 9.17) is 4.42 Å². The SMILES string of the molecule is OB(O)c1cc(-n2c3ccccc3c3ccccc32)cc2c1oc1cc(-c3ccccc3)ccc12. The fraction of sp³-hybridized carbons (Fsp3) is 0. The van der Waals surface area contributed by atoms with Crippen LogP contribution in [-0.2, 0) is 0 Å². The Morgan fingerprint density at radius 1 is 0.571 bits per heavy atom. The number of fused-ring (bicyclic) bond motifs is 6. The highest BCUT2D eigenvalue weighted by molar-refractivity contribution is 6.62. The van der Waals surface area contributed by atoms with Crippen molar-refractivity contribution >= 4 is 56.3 Å². The number of aromatic nitrogens is 1. The number of furan rings is 1. The zero-order chi connectivity index (χ0) is 23.5. The van der Waals surface area contributed by atoms with Gasteiger partial charge in [0, 0.05) is 32.7 Å². The van der Waals surface area contributed by atoms with E-state index in [9.17, 15) is 10.0 Å². The van der Waals surface area contributed by atoms with Gasteiger partial charge in [-0.05, 0) is 47.5 Å². The molecule has 2 heterocycles. The first-order valence-corrected chi connectivity index (χ1v) is 11.6. The van der Waals surface area contributed by atoms with Gasteiger partial charge >= 0.3 is 7.12 Å². The van der Waals surface area contributed by atoms with Crippen molar-refractivity contribution in [1.29, 1.82) is 0 Å². The summed E-state index contributed by atoms with van der Waals surface area (Å²) in [6, 6.07) is 36.7. The Labute approximate surface area is 201 Å². The standard InChI is InChI=1S/C30H20BNO3/c33-31(34)26-18-21(32-27-12-6-4-10-22(27)23-11-5-7-13-28(23)32)17-25-24-15-14-20(16-29(24)35-30(25)26)19-8-2-1-3-9-19/h1-18,33-34H. The minimum absolute atomic E-state index is 0.344. The monoisotopic (exact) mass is 453 g/mol. The molecular formula is C30H20BNO3. The van der Waals surface area contributed by atoms with Crippen molar-refractivity contribution in [2.24, 2.45) is 0 Å². The van der Waals surface area contributed by atoms with Gasteiger partial charge < -0.3 is 19.0 Å². The van der Waals surface area contributed by atoms with E-state index in [2.05, 4.69) is 53.1 Å². The van der Waals surface area contributed by atoms with Gasteiger partial charge in [-0.25, -0.2) is 0 Å². The molecule has 166 valence electrons. The lowest BCUT2D eigenvalue weighted by Gasteiger charge is -2.11. The smallest absolute Gasteiger partial charge is 0.456 e. The van der Waals surface area contributed by atoms with Crippen molar-refractivity contribution in [2.75, 3.05) is 0 Å². The first-order chi connectivity index (χ1) is 17.2. The first-order valence-electron chi connectivity index (χ1n) is 11.6. The van der Waals surface area contributed by atoms with Crippen LogP contribution in [0, 0.1) is 0 Å². The molecule has 0 fully saturated rings. The molecule has 0 bridgehead atoms. The molecule has 0 unspecified atom stereocenters. The highest BCUT2D eigenvalue weighted by atomic mass is 16.4. The van der Waals surface area contributed by atoms with Gasteiger partial charge in [0.05, 0.1) is 11.0 Å². The molecule has 0 radical (unpaired) electrons. The molecule has 0 spiro atoms. The molecule has 0 atom stereocenters. The molecule has 7 aromatic rings. The lowest BCUT2D eigenvalue weighted by Crippen LogP contribution is -2.30. The Morgan fingerprint density at radius 2 is 1.23 bits per heavy atom. The van der Waals surface area contributed by atoms with E-state index in [0.29, 0.717) is 16.6 Å². The third kappa shape index (κ3) is 3.03. The first kappa shape index (κ1) is 20.1. The quantitative estimate of drug-likeness (QED) is 0.321. The average molecular weight is 453 g/mol. The minimum Gasteiger partial charge on any atom is -0.456 e. The molecule has 2 aromatic heterocycles. The Morgan fingerprint density at radius 3 is 1.91 bits per heavy atom. The molecule has 5 aromatic carbocycles. The lowest BCUT2D eigenvalue weighted by atomic mass is 9.79. The number of rotatable bonds is 3. The topological polar surface area (TPSA) is 58.5 Å². The fourth-order valence-electron chi connectivity index (χ4n) is 5.22. The second-order valence-corrected chi connectivity index (χ2v) is 8.83. The van der Waals surface area contributed by atoms with E-state index in [-0.39, 0.29) is 0 Å².